The number of rotatable bonds is 11. The van der Waals surface area contributed by atoms with Gasteiger partial charge in [0.1, 0.15) is 0 Å². The van der Waals surface area contributed by atoms with Crippen molar-refractivity contribution in [1.82, 2.24) is 0 Å². The molecule has 0 N–H and O–H groups in total. The van der Waals surface area contributed by atoms with Crippen LogP contribution in [0, 0.1) is 0 Å². The molecule has 0 spiro atoms. The van der Waals surface area contributed by atoms with E-state index in [2.05, 4.69) is 0 Å². The Hall–Kier alpha value is -2.54. The Kier molecular flexibility index (Phi) is 10.4. The molecule has 0 aliphatic rings. The number of halogens is 32. The van der Waals surface area contributed by atoms with E-state index in [4.69, 9.17) is 0 Å². The van der Waals surface area contributed by atoms with Crippen LogP contribution in [0.15, 0.2) is 11.9 Å². The van der Waals surface area contributed by atoms with Crippen molar-refractivity contribution >= 4 is 0 Å². The van der Waals surface area contributed by atoms with E-state index in [1.807, 2.05) is 0 Å². The fraction of sp³-hybridized carbons (Fsp3) is 0.867. The highest BCUT2D eigenvalue weighted by atomic mass is 19.4. The van der Waals surface area contributed by atoms with Gasteiger partial charge in [-0.15, -0.1) is 43.9 Å². The number of hydrogen-bond donors (Lipinski definition) is 0. The fourth-order valence-electron chi connectivity index (χ4n) is 2.98. The maximum absolute atomic E-state index is 14.2. The molecule has 0 unspecified atom stereocenters. The minimum absolute atomic E-state index is 5.41. The monoisotopic (exact) mass is 802 g/mol. The third-order valence-electron chi connectivity index (χ3n) is 5.53. The smallest absolute Gasteiger partial charge is 0.192 e. The van der Waals surface area contributed by atoms with Gasteiger partial charge in [-0.25, -0.2) is 0 Å². The standard InChI is InChI=1S/C15F32N/c16-1(2(17)18)3(19,20)48(14(42,43)44,15(45,46)47)13(40,41)11(35,36)9(31,32)7(27,28)5(23,24)4(21,22)6(25,26)8(29,30)10(33,34)12(37,38)39/q+1. The van der Waals surface area contributed by atoms with Crippen LogP contribution in [-0.2, 0) is 0 Å². The van der Waals surface area contributed by atoms with Gasteiger partial charge in [0, 0.05) is 0 Å². The van der Waals surface area contributed by atoms with Gasteiger partial charge in [0.2, 0.25) is 0 Å². The van der Waals surface area contributed by atoms with Crippen molar-refractivity contribution < 1.29 is 145 Å². The topological polar surface area (TPSA) is 0 Å². The SMILES string of the molecule is FC(F)=C(F)C(F)(F)[N+](C(F)(F)F)(C(F)(F)F)C(F)(F)C(F)(F)C(F)(F)C(F)(F)C(F)(F)C(F)(F)C(F)(F)C(F)(F)C(F)(F)C(F)(F)F. The van der Waals surface area contributed by atoms with Crippen LogP contribution in [0.3, 0.4) is 0 Å². The molecule has 0 rings (SSSR count). The highest BCUT2D eigenvalue weighted by Gasteiger charge is 3.05. The molecule has 0 aliphatic carbocycles. The van der Waals surface area contributed by atoms with Crippen LogP contribution in [0.4, 0.5) is 140 Å². The maximum Gasteiger partial charge on any atom is 0.579 e. The van der Waals surface area contributed by atoms with Crippen molar-refractivity contribution in [2.75, 3.05) is 0 Å². The van der Waals surface area contributed by atoms with Gasteiger partial charge in [-0.1, -0.05) is 0 Å². The number of quaternary nitrogens is 1. The lowest BCUT2D eigenvalue weighted by atomic mass is 9.86. The molecular formula is C15F32N+. The highest BCUT2D eigenvalue weighted by Crippen LogP contribution is 2.70. The second-order valence-corrected chi connectivity index (χ2v) is 8.36. The predicted molar refractivity (Wildman–Crippen MR) is 78.2 cm³/mol. The van der Waals surface area contributed by atoms with Gasteiger partial charge in [0.05, 0.1) is 0 Å². The molecule has 0 fully saturated rings. The van der Waals surface area contributed by atoms with Crippen LogP contribution in [0.5, 0.6) is 0 Å². The highest BCUT2D eigenvalue weighted by molar-refractivity contribution is 5.18. The minimum atomic E-state index is -10.5. The number of alkyl halides is 29. The summed E-state index contributed by atoms with van der Waals surface area (Å²) in [6, 6.07) is -19.8. The molecule has 0 aromatic carbocycles. The first-order valence-electron chi connectivity index (χ1n) is 9.69. The molecule has 48 heavy (non-hydrogen) atoms. The van der Waals surface area contributed by atoms with Crippen LogP contribution in [0.1, 0.15) is 0 Å². The Morgan fingerprint density at radius 3 is 0.688 bits per heavy atom. The van der Waals surface area contributed by atoms with Gasteiger partial charge in [0.15, 0.2) is 0 Å². The molecule has 33 heteroatoms. The summed E-state index contributed by atoms with van der Waals surface area (Å²) in [5, 5.41) is 0. The van der Waals surface area contributed by atoms with Crippen LogP contribution in [-0.4, -0.2) is 82.7 Å². The average molecular weight is 802 g/mol. The summed E-state index contributed by atoms with van der Waals surface area (Å²) in [6.45, 7) is 0. The predicted octanol–water partition coefficient (Wildman–Crippen LogP) is 10.8. The molecule has 0 aromatic rings. The molecule has 0 saturated heterocycles. The van der Waals surface area contributed by atoms with E-state index in [1.54, 1.807) is 0 Å². The molecule has 0 aromatic heterocycles. The lowest BCUT2D eigenvalue weighted by Gasteiger charge is -2.49. The molecule has 1 nitrogen and oxygen atoms in total. The van der Waals surface area contributed by atoms with Crippen molar-refractivity contribution in [3.05, 3.63) is 11.9 Å². The van der Waals surface area contributed by atoms with E-state index in [9.17, 15) is 140 Å². The lowest BCUT2D eigenvalue weighted by Crippen LogP contribution is -2.87. The van der Waals surface area contributed by atoms with Gasteiger partial charge < -0.3 is 0 Å². The van der Waals surface area contributed by atoms with Crippen LogP contribution in [0.2, 0.25) is 0 Å². The van der Waals surface area contributed by atoms with Crippen molar-refractivity contribution in [2.24, 2.45) is 0 Å². The third-order valence-corrected chi connectivity index (χ3v) is 5.53. The van der Waals surface area contributed by atoms with E-state index in [-0.39, 0.29) is 0 Å². The van der Waals surface area contributed by atoms with Crippen molar-refractivity contribution in [3.8, 4) is 0 Å². The first-order valence-corrected chi connectivity index (χ1v) is 9.69. The summed E-state index contributed by atoms with van der Waals surface area (Å²) in [4.78, 5) is 0. The zero-order valence-electron chi connectivity index (χ0n) is 20.0. The van der Waals surface area contributed by atoms with Gasteiger partial charge in [-0.2, -0.15) is 96.6 Å². The van der Waals surface area contributed by atoms with Gasteiger partial charge in [-0.05, 0) is 4.48 Å². The minimum Gasteiger partial charge on any atom is -0.192 e. The molecule has 0 atom stereocenters. The maximum atomic E-state index is 14.2. The fourth-order valence-corrected chi connectivity index (χ4v) is 2.98. The van der Waals surface area contributed by atoms with E-state index in [0.717, 1.165) is 0 Å². The van der Waals surface area contributed by atoms with Crippen molar-refractivity contribution in [1.29, 1.82) is 0 Å². The molecule has 0 aliphatic heterocycles. The lowest BCUT2D eigenvalue weighted by molar-refractivity contribution is -1.21. The molecule has 0 amide bonds. The molecule has 288 valence electrons. The summed E-state index contributed by atoms with van der Waals surface area (Å²) in [6.07, 6.45) is -32.9. The van der Waals surface area contributed by atoms with Gasteiger partial charge >= 0.3 is 84.3 Å². The first-order chi connectivity index (χ1) is 20.1. The van der Waals surface area contributed by atoms with E-state index in [1.165, 1.54) is 0 Å². The zero-order chi connectivity index (χ0) is 40.2. The van der Waals surface area contributed by atoms with Crippen molar-refractivity contribution in [2.45, 2.75) is 78.2 Å². The molecule has 0 saturated carbocycles. The first kappa shape index (κ1) is 45.5. The average Bonchev–Trinajstić information content (AvgIpc) is 2.79. The second-order valence-electron chi connectivity index (χ2n) is 8.36. The number of nitrogens with zero attached hydrogens (tertiary/aromatic N) is 1. The molecular weight excluding hydrogens is 802 g/mol. The van der Waals surface area contributed by atoms with Crippen LogP contribution in [0.25, 0.3) is 0 Å². The quantitative estimate of drug-likeness (QED) is 0.111. The molecule has 0 bridgehead atoms. The number of hydrogen-bond acceptors (Lipinski definition) is 0. The summed E-state index contributed by atoms with van der Waals surface area (Å²) >= 11 is 0. The Morgan fingerprint density at radius 2 is 0.500 bits per heavy atom. The second kappa shape index (κ2) is 11.0. The Morgan fingerprint density at radius 1 is 0.292 bits per heavy atom. The zero-order valence-corrected chi connectivity index (χ0v) is 20.0. The van der Waals surface area contributed by atoms with E-state index >= 15 is 0 Å². The normalized spacial score (nSPS) is 16.8. The summed E-state index contributed by atoms with van der Waals surface area (Å²) in [5.74, 6) is -85.1. The van der Waals surface area contributed by atoms with Gasteiger partial charge in [-0.3, -0.25) is 0 Å². The Bertz CT molecular complexity index is 1200. The van der Waals surface area contributed by atoms with E-state index in [0.29, 0.717) is 0 Å². The summed E-state index contributed by atoms with van der Waals surface area (Å²) in [7, 11) is 0. The summed E-state index contributed by atoms with van der Waals surface area (Å²) < 4.78 is 415. The van der Waals surface area contributed by atoms with Crippen LogP contribution >= 0.6 is 0 Å². The van der Waals surface area contributed by atoms with Crippen molar-refractivity contribution in [3.63, 3.8) is 0 Å². The molecule has 0 radical (unpaired) electrons. The summed E-state index contributed by atoms with van der Waals surface area (Å²) in [5.41, 5.74) is 0. The Labute approximate surface area is 236 Å². The third kappa shape index (κ3) is 5.06. The largest absolute Gasteiger partial charge is 0.579 e. The van der Waals surface area contributed by atoms with E-state index < -0.39 is 94.6 Å². The van der Waals surface area contributed by atoms with Crippen LogP contribution < -0.4 is 0 Å². The van der Waals surface area contributed by atoms with Gasteiger partial charge in [0.25, 0.3) is 5.83 Å². The molecule has 0 heterocycles. The Balaban J connectivity index is 8.25.